The van der Waals surface area contributed by atoms with Crippen LogP contribution in [0.4, 0.5) is 5.82 Å². The Morgan fingerprint density at radius 3 is 2.67 bits per heavy atom. The molecule has 2 heterocycles. The van der Waals surface area contributed by atoms with Gasteiger partial charge in [0.25, 0.3) is 5.82 Å². The summed E-state index contributed by atoms with van der Waals surface area (Å²) in [5.74, 6) is 0.877. The summed E-state index contributed by atoms with van der Waals surface area (Å²) in [7, 11) is 0. The zero-order valence-electron chi connectivity index (χ0n) is 14.2. The van der Waals surface area contributed by atoms with E-state index in [0.717, 1.165) is 11.4 Å². The summed E-state index contributed by atoms with van der Waals surface area (Å²) in [5.41, 5.74) is 1.97. The highest BCUT2D eigenvalue weighted by Crippen LogP contribution is 2.39. The van der Waals surface area contributed by atoms with E-state index >= 15 is 0 Å². The molecule has 2 aromatic carbocycles. The van der Waals surface area contributed by atoms with Gasteiger partial charge in [0, 0.05) is 33.8 Å². The number of anilines is 1. The second-order valence-corrected chi connectivity index (χ2v) is 6.95. The van der Waals surface area contributed by atoms with E-state index in [1.807, 2.05) is 54.7 Å². The first-order valence-electron chi connectivity index (χ1n) is 8.38. The SMILES string of the molecule is Oc1c([C@H](Nc2cccc[nH+]2)c2cccc(Cl)c2)cc(Cl)c2cccnc12. The third-order valence-electron chi connectivity index (χ3n) is 4.35. The third-order valence-corrected chi connectivity index (χ3v) is 4.89. The number of H-pyrrole nitrogens is 1. The number of aromatic nitrogens is 2. The minimum absolute atomic E-state index is 0.0865. The molecule has 4 aromatic rings. The van der Waals surface area contributed by atoms with E-state index in [1.54, 1.807) is 18.3 Å². The van der Waals surface area contributed by atoms with Crippen LogP contribution in [0.1, 0.15) is 17.2 Å². The number of aromatic hydroxyl groups is 1. The molecule has 0 amide bonds. The van der Waals surface area contributed by atoms with Gasteiger partial charge in [0.05, 0.1) is 11.2 Å². The molecule has 2 aromatic heterocycles. The molecule has 4 nitrogen and oxygen atoms in total. The van der Waals surface area contributed by atoms with E-state index in [-0.39, 0.29) is 11.8 Å². The first-order chi connectivity index (χ1) is 13.1. The first kappa shape index (κ1) is 17.6. The molecule has 27 heavy (non-hydrogen) atoms. The van der Waals surface area contributed by atoms with Crippen LogP contribution in [0, 0.1) is 0 Å². The van der Waals surface area contributed by atoms with Crippen molar-refractivity contribution in [3.05, 3.63) is 94.2 Å². The molecule has 3 N–H and O–H groups in total. The minimum atomic E-state index is -0.383. The van der Waals surface area contributed by atoms with Gasteiger partial charge in [-0.25, -0.2) is 4.98 Å². The van der Waals surface area contributed by atoms with E-state index < -0.39 is 0 Å². The zero-order valence-corrected chi connectivity index (χ0v) is 15.7. The Kier molecular flexibility index (Phi) is 4.84. The number of fused-ring (bicyclic) bond motifs is 1. The number of benzene rings is 2. The fourth-order valence-electron chi connectivity index (χ4n) is 3.09. The van der Waals surface area contributed by atoms with Crippen molar-refractivity contribution >= 4 is 39.9 Å². The topological polar surface area (TPSA) is 59.3 Å². The summed E-state index contributed by atoms with van der Waals surface area (Å²) in [5, 5.41) is 16.2. The van der Waals surface area contributed by atoms with Gasteiger partial charge < -0.3 is 5.11 Å². The van der Waals surface area contributed by atoms with Crippen molar-refractivity contribution in [2.45, 2.75) is 6.04 Å². The molecule has 0 spiro atoms. The van der Waals surface area contributed by atoms with Crippen molar-refractivity contribution in [3.8, 4) is 5.75 Å². The number of aromatic amines is 1. The van der Waals surface area contributed by atoms with Gasteiger partial charge in [-0.05, 0) is 36.4 Å². The fraction of sp³-hybridized carbons (Fsp3) is 0.0476. The summed E-state index contributed by atoms with van der Waals surface area (Å²) in [6.07, 6.45) is 3.46. The molecule has 0 aliphatic carbocycles. The Labute approximate surface area is 166 Å². The number of rotatable bonds is 4. The van der Waals surface area contributed by atoms with Gasteiger partial charge in [-0.1, -0.05) is 41.4 Å². The largest absolute Gasteiger partial charge is 0.505 e. The summed E-state index contributed by atoms with van der Waals surface area (Å²) in [6.45, 7) is 0. The molecule has 0 aliphatic heterocycles. The van der Waals surface area contributed by atoms with Crippen LogP contribution in [0.15, 0.2) is 73.1 Å². The molecule has 0 aliphatic rings. The van der Waals surface area contributed by atoms with Gasteiger partial charge in [-0.2, -0.15) is 0 Å². The molecule has 0 fully saturated rings. The highest BCUT2D eigenvalue weighted by atomic mass is 35.5. The molecular formula is C21H16Cl2N3O+. The monoisotopic (exact) mass is 396 g/mol. The highest BCUT2D eigenvalue weighted by molar-refractivity contribution is 6.35. The number of nitrogens with one attached hydrogen (secondary N) is 2. The van der Waals surface area contributed by atoms with Crippen LogP contribution in [0.5, 0.6) is 5.75 Å². The smallest absolute Gasteiger partial charge is 0.272 e. The van der Waals surface area contributed by atoms with E-state index in [1.165, 1.54) is 0 Å². The van der Waals surface area contributed by atoms with Crippen LogP contribution < -0.4 is 10.3 Å². The molecule has 0 saturated heterocycles. The second-order valence-electron chi connectivity index (χ2n) is 6.10. The summed E-state index contributed by atoms with van der Waals surface area (Å²) < 4.78 is 0. The van der Waals surface area contributed by atoms with Crippen molar-refractivity contribution in [2.24, 2.45) is 0 Å². The van der Waals surface area contributed by atoms with Gasteiger partial charge >= 0.3 is 0 Å². The molecule has 1 atom stereocenters. The lowest BCUT2D eigenvalue weighted by molar-refractivity contribution is -0.361. The van der Waals surface area contributed by atoms with Crippen molar-refractivity contribution in [1.82, 2.24) is 4.98 Å². The number of nitrogens with zero attached hydrogens (tertiary/aromatic N) is 1. The third kappa shape index (κ3) is 3.54. The highest BCUT2D eigenvalue weighted by Gasteiger charge is 2.25. The van der Waals surface area contributed by atoms with Gasteiger partial charge in [0.15, 0.2) is 0 Å². The average molecular weight is 397 g/mol. The summed E-state index contributed by atoms with van der Waals surface area (Å²) in [6, 6.07) is 18.2. The Balaban J connectivity index is 1.91. The van der Waals surface area contributed by atoms with Gasteiger partial charge in [0.1, 0.15) is 17.3 Å². The minimum Gasteiger partial charge on any atom is -0.505 e. The number of hydrogen-bond donors (Lipinski definition) is 2. The summed E-state index contributed by atoms with van der Waals surface area (Å²) >= 11 is 12.7. The lowest BCUT2D eigenvalue weighted by atomic mass is 9.96. The number of hydrogen-bond acceptors (Lipinski definition) is 3. The summed E-state index contributed by atoms with van der Waals surface area (Å²) in [4.78, 5) is 7.46. The number of pyridine rings is 2. The lowest BCUT2D eigenvalue weighted by Gasteiger charge is -2.18. The van der Waals surface area contributed by atoms with Crippen molar-refractivity contribution in [1.29, 1.82) is 0 Å². The molecular weight excluding hydrogens is 381 g/mol. The molecule has 0 radical (unpaired) electrons. The first-order valence-corrected chi connectivity index (χ1v) is 9.14. The predicted molar refractivity (Wildman–Crippen MR) is 108 cm³/mol. The molecule has 0 saturated carbocycles. The molecule has 134 valence electrons. The van der Waals surface area contributed by atoms with Crippen LogP contribution in [-0.2, 0) is 0 Å². The molecule has 6 heteroatoms. The maximum absolute atomic E-state index is 10.9. The average Bonchev–Trinajstić information content (AvgIpc) is 2.70. The van der Waals surface area contributed by atoms with E-state index in [4.69, 9.17) is 23.2 Å². The van der Waals surface area contributed by atoms with Gasteiger partial charge in [-0.3, -0.25) is 10.3 Å². The number of halogens is 2. The predicted octanol–water partition coefficient (Wildman–Crippen LogP) is 5.26. The standard InChI is InChI=1S/C21H15Cl2N3O/c22-14-6-3-5-13(11-14)19(26-18-8-1-2-9-24-18)16-12-17(23)15-7-4-10-25-20(15)21(16)27/h1-12,19,27H,(H,24,26)/p+1/t19-/m1/s1. The van der Waals surface area contributed by atoms with Crippen LogP contribution >= 0.6 is 23.2 Å². The van der Waals surface area contributed by atoms with Crippen LogP contribution in [0.3, 0.4) is 0 Å². The fourth-order valence-corrected chi connectivity index (χ4v) is 3.56. The quantitative estimate of drug-likeness (QED) is 0.494. The maximum Gasteiger partial charge on any atom is 0.272 e. The normalized spacial score (nSPS) is 12.1. The Hall–Kier alpha value is -2.82. The van der Waals surface area contributed by atoms with Gasteiger partial charge in [-0.15, -0.1) is 0 Å². The van der Waals surface area contributed by atoms with Crippen molar-refractivity contribution in [2.75, 3.05) is 5.32 Å². The zero-order chi connectivity index (χ0) is 18.8. The maximum atomic E-state index is 10.9. The van der Waals surface area contributed by atoms with Gasteiger partial charge in [0.2, 0.25) is 0 Å². The number of phenols is 1. The molecule has 4 rings (SSSR count). The Morgan fingerprint density at radius 2 is 1.89 bits per heavy atom. The van der Waals surface area contributed by atoms with Crippen LogP contribution in [0.2, 0.25) is 10.0 Å². The Bertz CT molecular complexity index is 1100. The van der Waals surface area contributed by atoms with E-state index in [2.05, 4.69) is 15.3 Å². The molecule has 0 unspecified atom stereocenters. The second kappa shape index (κ2) is 7.43. The van der Waals surface area contributed by atoms with E-state index in [9.17, 15) is 5.11 Å². The Morgan fingerprint density at radius 1 is 1.00 bits per heavy atom. The lowest BCUT2D eigenvalue weighted by Crippen LogP contribution is -2.19. The van der Waals surface area contributed by atoms with Crippen molar-refractivity contribution < 1.29 is 10.1 Å². The van der Waals surface area contributed by atoms with E-state index in [0.29, 0.717) is 26.5 Å². The number of phenolic OH excluding ortho intramolecular Hbond substituents is 1. The molecule has 0 bridgehead atoms. The van der Waals surface area contributed by atoms with Crippen LogP contribution in [0.25, 0.3) is 10.9 Å². The van der Waals surface area contributed by atoms with Crippen molar-refractivity contribution in [3.63, 3.8) is 0 Å². The van der Waals surface area contributed by atoms with Crippen LogP contribution in [-0.4, -0.2) is 10.1 Å².